The molecule has 1 saturated heterocycles. The van der Waals surface area contributed by atoms with Gasteiger partial charge in [-0.3, -0.25) is 4.98 Å². The average molecular weight is 417 g/mol. The van der Waals surface area contributed by atoms with E-state index in [0.29, 0.717) is 24.2 Å². The Bertz CT molecular complexity index is 990. The predicted octanol–water partition coefficient (Wildman–Crippen LogP) is 3.44. The van der Waals surface area contributed by atoms with Gasteiger partial charge in [0.2, 0.25) is 0 Å². The minimum Gasteiger partial charge on any atom is -0.385 e. The number of piperidine rings is 1. The maximum Gasteiger partial charge on any atom is 0.416 e. The molecule has 4 rings (SSSR count). The number of hydrogen-bond donors (Lipinski definition) is 2. The number of rotatable bonds is 4. The van der Waals surface area contributed by atoms with Crippen molar-refractivity contribution in [2.45, 2.75) is 50.2 Å². The highest BCUT2D eigenvalue weighted by molar-refractivity contribution is 5.30. The highest BCUT2D eigenvalue weighted by Gasteiger charge is 2.41. The molecule has 0 spiro atoms. The third-order valence-electron chi connectivity index (χ3n) is 5.38. The summed E-state index contributed by atoms with van der Waals surface area (Å²) in [6.45, 7) is 2.40. The second kappa shape index (κ2) is 7.81. The first-order valence-electron chi connectivity index (χ1n) is 9.69. The molecule has 2 aromatic heterocycles. The molecule has 3 atom stereocenters. The van der Waals surface area contributed by atoms with Gasteiger partial charge in [0.1, 0.15) is 0 Å². The minimum atomic E-state index is -4.41. The van der Waals surface area contributed by atoms with E-state index in [0.717, 1.165) is 17.8 Å². The summed E-state index contributed by atoms with van der Waals surface area (Å²) in [5.74, 6) is 0. The summed E-state index contributed by atoms with van der Waals surface area (Å²) in [4.78, 5) is 4.27. The molecule has 158 valence electrons. The van der Waals surface area contributed by atoms with Gasteiger partial charge >= 0.3 is 6.18 Å². The Balaban J connectivity index is 1.53. The van der Waals surface area contributed by atoms with Crippen LogP contribution in [0.4, 0.5) is 13.2 Å². The molecular weight excluding hydrogens is 395 g/mol. The second-order valence-corrected chi connectivity index (χ2v) is 7.80. The molecule has 3 heterocycles. The van der Waals surface area contributed by atoms with Crippen LogP contribution in [0, 0.1) is 0 Å². The zero-order chi connectivity index (χ0) is 21.4. The fourth-order valence-corrected chi connectivity index (χ4v) is 3.99. The van der Waals surface area contributed by atoms with Crippen molar-refractivity contribution in [1.29, 1.82) is 0 Å². The van der Waals surface area contributed by atoms with E-state index in [4.69, 9.17) is 0 Å². The lowest BCUT2D eigenvalue weighted by Gasteiger charge is -2.40. The van der Waals surface area contributed by atoms with E-state index in [2.05, 4.69) is 20.6 Å². The van der Waals surface area contributed by atoms with Crippen molar-refractivity contribution in [2.24, 2.45) is 0 Å². The number of benzene rings is 1. The van der Waals surface area contributed by atoms with E-state index in [9.17, 15) is 18.3 Å². The van der Waals surface area contributed by atoms with E-state index in [1.165, 1.54) is 12.1 Å². The first-order valence-corrected chi connectivity index (χ1v) is 9.69. The van der Waals surface area contributed by atoms with Crippen LogP contribution in [0.5, 0.6) is 0 Å². The fourth-order valence-electron chi connectivity index (χ4n) is 3.99. The van der Waals surface area contributed by atoms with Crippen molar-refractivity contribution >= 4 is 0 Å². The van der Waals surface area contributed by atoms with Crippen LogP contribution in [-0.4, -0.2) is 31.1 Å². The van der Waals surface area contributed by atoms with Gasteiger partial charge < -0.3 is 10.4 Å². The highest BCUT2D eigenvalue weighted by Crippen LogP contribution is 2.40. The molecule has 2 N–H and O–H groups in total. The van der Waals surface area contributed by atoms with Crippen molar-refractivity contribution in [1.82, 2.24) is 25.3 Å². The zero-order valence-corrected chi connectivity index (χ0v) is 16.3. The Morgan fingerprint density at radius 1 is 1.17 bits per heavy atom. The maximum atomic E-state index is 12.9. The van der Waals surface area contributed by atoms with Crippen LogP contribution in [-0.2, 0) is 18.3 Å². The van der Waals surface area contributed by atoms with Crippen LogP contribution in [0.15, 0.2) is 54.9 Å². The van der Waals surface area contributed by atoms with Crippen molar-refractivity contribution in [2.75, 3.05) is 0 Å². The van der Waals surface area contributed by atoms with Gasteiger partial charge in [-0.15, -0.1) is 5.10 Å². The van der Waals surface area contributed by atoms with Gasteiger partial charge in [-0.1, -0.05) is 23.4 Å². The van der Waals surface area contributed by atoms with Gasteiger partial charge in [0.05, 0.1) is 41.3 Å². The summed E-state index contributed by atoms with van der Waals surface area (Å²) in [5.41, 5.74) is -0.00639. The van der Waals surface area contributed by atoms with Crippen molar-refractivity contribution < 1.29 is 18.3 Å². The van der Waals surface area contributed by atoms with Gasteiger partial charge in [0, 0.05) is 18.7 Å². The molecule has 30 heavy (non-hydrogen) atoms. The van der Waals surface area contributed by atoms with Crippen LogP contribution in [0.1, 0.15) is 48.3 Å². The molecule has 0 bridgehead atoms. The summed E-state index contributed by atoms with van der Waals surface area (Å²) in [6, 6.07) is 10.0. The Hall–Kier alpha value is -2.78. The third kappa shape index (κ3) is 4.36. The maximum absolute atomic E-state index is 12.9. The molecule has 1 fully saturated rings. The number of pyridine rings is 1. The quantitative estimate of drug-likeness (QED) is 0.680. The van der Waals surface area contributed by atoms with E-state index in [1.54, 1.807) is 17.1 Å². The van der Waals surface area contributed by atoms with Crippen LogP contribution < -0.4 is 5.32 Å². The molecular formula is C21H22F3N5O. The lowest BCUT2D eigenvalue weighted by molar-refractivity contribution is -0.137. The Morgan fingerprint density at radius 3 is 2.60 bits per heavy atom. The van der Waals surface area contributed by atoms with Crippen LogP contribution in [0.3, 0.4) is 0 Å². The lowest BCUT2D eigenvalue weighted by atomic mass is 9.78. The average Bonchev–Trinajstić information content (AvgIpc) is 3.16. The zero-order valence-electron chi connectivity index (χ0n) is 16.3. The molecule has 0 radical (unpaired) electrons. The molecule has 1 unspecified atom stereocenters. The van der Waals surface area contributed by atoms with Gasteiger partial charge in [0.15, 0.2) is 0 Å². The number of aliphatic hydroxyl groups is 1. The largest absolute Gasteiger partial charge is 0.416 e. The number of hydrogen-bond acceptors (Lipinski definition) is 5. The second-order valence-electron chi connectivity index (χ2n) is 7.80. The molecule has 6 nitrogen and oxygen atoms in total. The standard InChI is InChI=1S/C21H22F3N5O/c1-14-10-20(30,15-5-7-16(8-6-15)21(22,23)24)11-18(26-14)19-13-29(28-27-19)12-17-4-2-3-9-25-17/h2-9,13-14,18,26,30H,10-12H2,1H3/t14-,18-,20?/m0/s1. The summed E-state index contributed by atoms with van der Waals surface area (Å²) < 4.78 is 40.3. The van der Waals surface area contributed by atoms with Crippen molar-refractivity contribution in [3.8, 4) is 0 Å². The molecule has 1 aliphatic rings. The van der Waals surface area contributed by atoms with Crippen molar-refractivity contribution in [3.05, 3.63) is 77.4 Å². The summed E-state index contributed by atoms with van der Waals surface area (Å²) in [6.07, 6.45) is -0.224. The summed E-state index contributed by atoms with van der Waals surface area (Å²) in [5, 5.41) is 23.1. The first-order chi connectivity index (χ1) is 14.2. The molecule has 1 aromatic carbocycles. The molecule has 3 aromatic rings. The summed E-state index contributed by atoms with van der Waals surface area (Å²) in [7, 11) is 0. The van der Waals surface area contributed by atoms with Gasteiger partial charge in [-0.25, -0.2) is 4.68 Å². The monoisotopic (exact) mass is 417 g/mol. The van der Waals surface area contributed by atoms with Crippen LogP contribution >= 0.6 is 0 Å². The van der Waals surface area contributed by atoms with Crippen molar-refractivity contribution in [3.63, 3.8) is 0 Å². The molecule has 9 heteroatoms. The first kappa shape index (κ1) is 20.5. The van der Waals surface area contributed by atoms with Crippen LogP contribution in [0.25, 0.3) is 0 Å². The Kier molecular flexibility index (Phi) is 5.33. The van der Waals surface area contributed by atoms with Gasteiger partial charge in [-0.2, -0.15) is 13.2 Å². The Labute approximate surface area is 171 Å². The molecule has 0 saturated carbocycles. The molecule has 0 amide bonds. The van der Waals surface area contributed by atoms with E-state index >= 15 is 0 Å². The number of alkyl halides is 3. The lowest BCUT2D eigenvalue weighted by Crippen LogP contribution is -2.47. The highest BCUT2D eigenvalue weighted by atomic mass is 19.4. The SMILES string of the molecule is C[C@H]1CC(O)(c2ccc(C(F)(F)F)cc2)C[C@@H](c2cn(Cc3ccccn3)nn2)N1. The predicted molar refractivity (Wildman–Crippen MR) is 103 cm³/mol. The minimum absolute atomic E-state index is 0.0583. The summed E-state index contributed by atoms with van der Waals surface area (Å²) >= 11 is 0. The third-order valence-corrected chi connectivity index (χ3v) is 5.38. The number of nitrogens with zero attached hydrogens (tertiary/aromatic N) is 4. The van der Waals surface area contributed by atoms with E-state index < -0.39 is 17.3 Å². The van der Waals surface area contributed by atoms with Gasteiger partial charge in [-0.05, 0) is 43.2 Å². The van der Waals surface area contributed by atoms with E-state index in [1.807, 2.05) is 25.1 Å². The number of aromatic nitrogens is 4. The smallest absolute Gasteiger partial charge is 0.385 e. The molecule has 1 aliphatic heterocycles. The number of halogens is 3. The van der Waals surface area contributed by atoms with E-state index in [-0.39, 0.29) is 18.5 Å². The normalized spacial score (nSPS) is 24.7. The fraction of sp³-hybridized carbons (Fsp3) is 0.381. The molecule has 0 aliphatic carbocycles. The Morgan fingerprint density at radius 2 is 1.93 bits per heavy atom. The topological polar surface area (TPSA) is 75.9 Å². The van der Waals surface area contributed by atoms with Crippen LogP contribution in [0.2, 0.25) is 0 Å². The number of nitrogens with one attached hydrogen (secondary N) is 1. The van der Waals surface area contributed by atoms with Gasteiger partial charge in [0.25, 0.3) is 0 Å².